The van der Waals surface area contributed by atoms with E-state index in [4.69, 9.17) is 10.2 Å². The van der Waals surface area contributed by atoms with Crippen molar-refractivity contribution in [2.75, 3.05) is 6.61 Å². The number of carboxylic acid groups (broad SMARTS) is 1. The maximum absolute atomic E-state index is 11.4. The second-order valence-corrected chi connectivity index (χ2v) is 4.14. The lowest BCUT2D eigenvalue weighted by molar-refractivity contribution is -0.139. The number of carboxylic acids is 1. The monoisotopic (exact) mass is 258 g/mol. The van der Waals surface area contributed by atoms with Gasteiger partial charge < -0.3 is 20.8 Å². The van der Waals surface area contributed by atoms with Crippen molar-refractivity contribution in [1.82, 2.24) is 10.6 Å². The smallest absolute Gasteiger partial charge is 0.326 e. The summed E-state index contributed by atoms with van der Waals surface area (Å²) in [6.45, 7) is 0.0581. The van der Waals surface area contributed by atoms with Crippen LogP contribution in [0.2, 0.25) is 0 Å². The second kappa shape index (κ2) is 6.87. The first kappa shape index (κ1) is 13.5. The number of carbonyl (C=O) groups excluding carboxylic acids is 1. The number of amides is 2. The zero-order valence-corrected chi connectivity index (χ0v) is 9.87. The van der Waals surface area contributed by atoms with Crippen molar-refractivity contribution in [3.05, 3.63) is 22.4 Å². The van der Waals surface area contributed by atoms with Gasteiger partial charge in [0.25, 0.3) is 0 Å². The molecule has 17 heavy (non-hydrogen) atoms. The third-order valence-corrected chi connectivity index (χ3v) is 2.79. The summed E-state index contributed by atoms with van der Waals surface area (Å²) < 4.78 is 0. The molecule has 0 spiro atoms. The van der Waals surface area contributed by atoms with Crippen LogP contribution in [0.15, 0.2) is 16.8 Å². The Morgan fingerprint density at radius 1 is 1.47 bits per heavy atom. The quantitative estimate of drug-likeness (QED) is 0.593. The van der Waals surface area contributed by atoms with E-state index in [0.29, 0.717) is 6.54 Å². The number of hydrogen-bond donors (Lipinski definition) is 4. The van der Waals surface area contributed by atoms with Crippen LogP contribution in [0.3, 0.4) is 0 Å². The van der Waals surface area contributed by atoms with Gasteiger partial charge in [0, 0.05) is 19.6 Å². The number of carbonyl (C=O) groups is 2. The van der Waals surface area contributed by atoms with Gasteiger partial charge in [-0.2, -0.15) is 11.3 Å². The summed E-state index contributed by atoms with van der Waals surface area (Å²) in [7, 11) is 0. The fourth-order valence-corrected chi connectivity index (χ4v) is 1.84. The molecule has 4 N–H and O–H groups in total. The highest BCUT2D eigenvalue weighted by atomic mass is 32.1. The lowest BCUT2D eigenvalue weighted by Gasteiger charge is -2.13. The minimum atomic E-state index is -1.16. The average Bonchev–Trinajstić information content (AvgIpc) is 2.78. The topological polar surface area (TPSA) is 98.7 Å². The largest absolute Gasteiger partial charge is 0.480 e. The van der Waals surface area contributed by atoms with Crippen LogP contribution in [-0.2, 0) is 11.3 Å². The van der Waals surface area contributed by atoms with Gasteiger partial charge in [0.15, 0.2) is 0 Å². The number of aliphatic carboxylic acids is 1. The third kappa shape index (κ3) is 4.83. The lowest BCUT2D eigenvalue weighted by atomic mass is 10.2. The average molecular weight is 258 g/mol. The SMILES string of the molecule is O=C(NCc1ccsc1)N[C@H](CCO)C(=O)O. The molecule has 6 nitrogen and oxygen atoms in total. The van der Waals surface area contributed by atoms with E-state index in [0.717, 1.165) is 5.56 Å². The Kier molecular flexibility index (Phi) is 5.44. The Balaban J connectivity index is 2.34. The van der Waals surface area contributed by atoms with E-state index in [-0.39, 0.29) is 13.0 Å². The zero-order chi connectivity index (χ0) is 12.7. The van der Waals surface area contributed by atoms with Gasteiger partial charge in [-0.25, -0.2) is 9.59 Å². The van der Waals surface area contributed by atoms with E-state index in [1.54, 1.807) is 0 Å². The van der Waals surface area contributed by atoms with Gasteiger partial charge in [0.2, 0.25) is 0 Å². The Morgan fingerprint density at radius 3 is 2.76 bits per heavy atom. The summed E-state index contributed by atoms with van der Waals surface area (Å²) in [6, 6.07) is 0.243. The molecule has 0 fully saturated rings. The molecule has 0 bridgehead atoms. The molecule has 0 aliphatic heterocycles. The van der Waals surface area contributed by atoms with Crippen molar-refractivity contribution in [3.8, 4) is 0 Å². The molecular formula is C10H14N2O4S. The first-order valence-corrected chi connectivity index (χ1v) is 5.97. The molecule has 1 heterocycles. The van der Waals surface area contributed by atoms with Crippen LogP contribution in [-0.4, -0.2) is 34.9 Å². The molecular weight excluding hydrogens is 244 g/mol. The molecule has 1 rings (SSSR count). The van der Waals surface area contributed by atoms with Crippen molar-refractivity contribution < 1.29 is 19.8 Å². The van der Waals surface area contributed by atoms with Gasteiger partial charge in [0.1, 0.15) is 6.04 Å². The number of hydrogen-bond acceptors (Lipinski definition) is 4. The first-order valence-electron chi connectivity index (χ1n) is 5.02. The van der Waals surface area contributed by atoms with E-state index in [1.165, 1.54) is 11.3 Å². The summed E-state index contributed by atoms with van der Waals surface area (Å²) in [6.07, 6.45) is -0.0127. The normalized spacial score (nSPS) is 11.8. The third-order valence-electron chi connectivity index (χ3n) is 2.05. The highest BCUT2D eigenvalue weighted by Crippen LogP contribution is 2.04. The number of rotatable bonds is 6. The van der Waals surface area contributed by atoms with Gasteiger partial charge in [0.05, 0.1) is 0 Å². The van der Waals surface area contributed by atoms with Crippen LogP contribution in [0.4, 0.5) is 4.79 Å². The van der Waals surface area contributed by atoms with Gasteiger partial charge in [-0.3, -0.25) is 0 Å². The van der Waals surface area contributed by atoms with Crippen LogP contribution in [0, 0.1) is 0 Å². The molecule has 0 saturated carbocycles. The molecule has 7 heteroatoms. The van der Waals surface area contributed by atoms with Crippen LogP contribution >= 0.6 is 11.3 Å². The standard InChI is InChI=1S/C10H14N2O4S/c13-3-1-8(9(14)15)12-10(16)11-5-7-2-4-17-6-7/h2,4,6,8,13H,1,3,5H2,(H,14,15)(H2,11,12,16)/t8-/m1/s1. The maximum Gasteiger partial charge on any atom is 0.326 e. The Bertz CT molecular complexity index is 366. The first-order chi connectivity index (χ1) is 8.13. The minimum absolute atomic E-state index is 0.0127. The molecule has 0 aromatic carbocycles. The minimum Gasteiger partial charge on any atom is -0.480 e. The molecule has 0 radical (unpaired) electrons. The number of thiophene rings is 1. The van der Waals surface area contributed by atoms with Crippen molar-refractivity contribution in [1.29, 1.82) is 0 Å². The van der Waals surface area contributed by atoms with Crippen molar-refractivity contribution in [3.63, 3.8) is 0 Å². The molecule has 94 valence electrons. The summed E-state index contributed by atoms with van der Waals surface area (Å²) in [4.78, 5) is 22.1. The predicted molar refractivity (Wildman–Crippen MR) is 62.8 cm³/mol. The summed E-state index contributed by atoms with van der Waals surface area (Å²) in [5.41, 5.74) is 0.958. The van der Waals surface area contributed by atoms with Gasteiger partial charge in [-0.15, -0.1) is 0 Å². The predicted octanol–water partition coefficient (Wildman–Crippen LogP) is 0.383. The summed E-state index contributed by atoms with van der Waals surface area (Å²) >= 11 is 1.52. The molecule has 0 aliphatic rings. The van der Waals surface area contributed by atoms with E-state index in [1.807, 2.05) is 16.8 Å². The van der Waals surface area contributed by atoms with Crippen molar-refractivity contribution >= 4 is 23.3 Å². The highest BCUT2D eigenvalue weighted by molar-refractivity contribution is 7.07. The number of aliphatic hydroxyl groups is 1. The molecule has 2 amide bonds. The second-order valence-electron chi connectivity index (χ2n) is 3.36. The number of urea groups is 1. The van der Waals surface area contributed by atoms with E-state index in [2.05, 4.69) is 10.6 Å². The van der Waals surface area contributed by atoms with Crippen LogP contribution < -0.4 is 10.6 Å². The molecule has 1 aromatic heterocycles. The molecule has 1 atom stereocenters. The van der Waals surface area contributed by atoms with Crippen LogP contribution in [0.5, 0.6) is 0 Å². The Labute approximate surface area is 102 Å². The highest BCUT2D eigenvalue weighted by Gasteiger charge is 2.18. The molecule has 0 aliphatic carbocycles. The summed E-state index contributed by atoms with van der Waals surface area (Å²) in [5.74, 6) is -1.16. The van der Waals surface area contributed by atoms with Gasteiger partial charge in [-0.1, -0.05) is 0 Å². The van der Waals surface area contributed by atoms with Crippen molar-refractivity contribution in [2.45, 2.75) is 19.0 Å². The maximum atomic E-state index is 11.4. The summed E-state index contributed by atoms with van der Waals surface area (Å²) in [5, 5.41) is 26.0. The van der Waals surface area contributed by atoms with Crippen molar-refractivity contribution in [2.24, 2.45) is 0 Å². The molecule has 1 aromatic rings. The fraction of sp³-hybridized carbons (Fsp3) is 0.400. The van der Waals surface area contributed by atoms with Gasteiger partial charge >= 0.3 is 12.0 Å². The van der Waals surface area contributed by atoms with Gasteiger partial charge in [-0.05, 0) is 22.4 Å². The van der Waals surface area contributed by atoms with E-state index in [9.17, 15) is 9.59 Å². The lowest BCUT2D eigenvalue weighted by Crippen LogP contribution is -2.46. The van der Waals surface area contributed by atoms with E-state index >= 15 is 0 Å². The molecule has 0 saturated heterocycles. The Hall–Kier alpha value is -1.60. The van der Waals surface area contributed by atoms with Crippen LogP contribution in [0.1, 0.15) is 12.0 Å². The number of nitrogens with one attached hydrogen (secondary N) is 2. The van der Waals surface area contributed by atoms with Crippen LogP contribution in [0.25, 0.3) is 0 Å². The van der Waals surface area contributed by atoms with E-state index < -0.39 is 18.0 Å². The number of aliphatic hydroxyl groups excluding tert-OH is 1. The Morgan fingerprint density at radius 2 is 2.24 bits per heavy atom. The zero-order valence-electron chi connectivity index (χ0n) is 9.05. The molecule has 0 unspecified atom stereocenters. The fourth-order valence-electron chi connectivity index (χ4n) is 1.17.